The molecule has 5 nitrogen and oxygen atoms in total. The third-order valence-corrected chi connectivity index (χ3v) is 2.35. The second-order valence-electron chi connectivity index (χ2n) is 5.36. The summed E-state index contributed by atoms with van der Waals surface area (Å²) in [6.45, 7) is 8.96. The molecule has 1 N–H and O–H groups in total. The van der Waals surface area contributed by atoms with Gasteiger partial charge in [-0.1, -0.05) is 0 Å². The fourth-order valence-corrected chi connectivity index (χ4v) is 1.50. The van der Waals surface area contributed by atoms with Crippen LogP contribution in [0.5, 0.6) is 0 Å². The van der Waals surface area contributed by atoms with E-state index >= 15 is 0 Å². The van der Waals surface area contributed by atoms with E-state index in [0.717, 1.165) is 0 Å². The number of amides is 1. The van der Waals surface area contributed by atoms with Crippen molar-refractivity contribution < 1.29 is 19.4 Å². The van der Waals surface area contributed by atoms with Crippen LogP contribution in [0.3, 0.4) is 0 Å². The zero-order chi connectivity index (χ0) is 13.4. The van der Waals surface area contributed by atoms with Gasteiger partial charge in [0.25, 0.3) is 5.91 Å². The van der Waals surface area contributed by atoms with Gasteiger partial charge in [0, 0.05) is 6.04 Å². The van der Waals surface area contributed by atoms with E-state index in [0.29, 0.717) is 0 Å². The molecule has 0 aromatic heterocycles. The van der Waals surface area contributed by atoms with Crippen LogP contribution in [0.1, 0.15) is 34.6 Å². The standard InChI is InChI=1S/C12H19NO4/c1-7(2)13-6-8(9(14)10(13)15)11(16)17-12(3,4)5/h7,14H,6H2,1-5H3. The molecule has 0 aromatic rings. The van der Waals surface area contributed by atoms with Crippen molar-refractivity contribution in [2.24, 2.45) is 0 Å². The van der Waals surface area contributed by atoms with Crippen LogP contribution < -0.4 is 0 Å². The van der Waals surface area contributed by atoms with Crippen molar-refractivity contribution in [2.45, 2.75) is 46.3 Å². The highest BCUT2D eigenvalue weighted by molar-refractivity contribution is 6.05. The van der Waals surface area contributed by atoms with Crippen molar-refractivity contribution in [2.75, 3.05) is 6.54 Å². The Hall–Kier alpha value is -1.52. The first kappa shape index (κ1) is 13.5. The van der Waals surface area contributed by atoms with Gasteiger partial charge in [-0.3, -0.25) is 4.79 Å². The average Bonchev–Trinajstić information content (AvgIpc) is 2.41. The number of esters is 1. The lowest BCUT2D eigenvalue weighted by molar-refractivity contribution is -0.150. The maximum absolute atomic E-state index is 11.8. The van der Waals surface area contributed by atoms with E-state index in [1.807, 2.05) is 13.8 Å². The first-order valence-corrected chi connectivity index (χ1v) is 5.60. The quantitative estimate of drug-likeness (QED) is 0.742. The highest BCUT2D eigenvalue weighted by atomic mass is 16.6. The highest BCUT2D eigenvalue weighted by Crippen LogP contribution is 2.22. The summed E-state index contributed by atoms with van der Waals surface area (Å²) < 4.78 is 5.13. The van der Waals surface area contributed by atoms with Gasteiger partial charge in [-0.05, 0) is 34.6 Å². The second-order valence-corrected chi connectivity index (χ2v) is 5.36. The lowest BCUT2D eigenvalue weighted by Crippen LogP contribution is -2.34. The molecule has 0 saturated heterocycles. The molecule has 0 atom stereocenters. The predicted molar refractivity (Wildman–Crippen MR) is 62.3 cm³/mol. The number of nitrogens with zero attached hydrogens (tertiary/aromatic N) is 1. The summed E-state index contributed by atoms with van der Waals surface area (Å²) >= 11 is 0. The van der Waals surface area contributed by atoms with E-state index in [1.165, 1.54) is 4.90 Å². The van der Waals surface area contributed by atoms with Crippen molar-refractivity contribution in [3.8, 4) is 0 Å². The largest absolute Gasteiger partial charge is 0.503 e. The number of carbonyl (C=O) groups is 2. The molecule has 1 aliphatic rings. The Kier molecular flexibility index (Phi) is 3.50. The molecule has 96 valence electrons. The van der Waals surface area contributed by atoms with Crippen LogP contribution in [-0.4, -0.2) is 40.1 Å². The zero-order valence-electron chi connectivity index (χ0n) is 10.9. The van der Waals surface area contributed by atoms with Crippen LogP contribution >= 0.6 is 0 Å². The minimum absolute atomic E-state index is 0.0404. The van der Waals surface area contributed by atoms with Gasteiger partial charge in [0.05, 0.1) is 6.54 Å². The zero-order valence-corrected chi connectivity index (χ0v) is 10.9. The Bertz CT molecular complexity index is 376. The van der Waals surface area contributed by atoms with Crippen molar-refractivity contribution in [3.05, 3.63) is 11.3 Å². The number of hydrogen-bond acceptors (Lipinski definition) is 4. The molecule has 1 aliphatic heterocycles. The smallest absolute Gasteiger partial charge is 0.340 e. The Morgan fingerprint density at radius 1 is 1.41 bits per heavy atom. The van der Waals surface area contributed by atoms with Crippen molar-refractivity contribution >= 4 is 11.9 Å². The fraction of sp³-hybridized carbons (Fsp3) is 0.667. The molecule has 0 fully saturated rings. The lowest BCUT2D eigenvalue weighted by Gasteiger charge is -2.22. The van der Waals surface area contributed by atoms with Gasteiger partial charge in [0.15, 0.2) is 5.76 Å². The lowest BCUT2D eigenvalue weighted by atomic mass is 10.2. The molecule has 0 radical (unpaired) electrons. The third kappa shape index (κ3) is 2.99. The summed E-state index contributed by atoms with van der Waals surface area (Å²) in [5.41, 5.74) is -0.600. The first-order chi connectivity index (χ1) is 7.63. The monoisotopic (exact) mass is 241 g/mol. The Morgan fingerprint density at radius 3 is 2.29 bits per heavy atom. The van der Waals surface area contributed by atoms with Gasteiger partial charge in [-0.2, -0.15) is 0 Å². The molecule has 0 saturated carbocycles. The molecule has 0 aliphatic carbocycles. The van der Waals surface area contributed by atoms with E-state index in [4.69, 9.17) is 4.74 Å². The summed E-state index contributed by atoms with van der Waals surface area (Å²) in [5.74, 6) is -1.64. The van der Waals surface area contributed by atoms with Gasteiger partial charge < -0.3 is 14.7 Å². The Labute approximate surface area is 101 Å². The molecule has 0 aromatic carbocycles. The van der Waals surface area contributed by atoms with Crippen molar-refractivity contribution in [1.82, 2.24) is 4.90 Å². The normalized spacial score (nSPS) is 17.1. The molecule has 1 heterocycles. The van der Waals surface area contributed by atoms with E-state index < -0.39 is 23.2 Å². The highest BCUT2D eigenvalue weighted by Gasteiger charge is 2.37. The number of rotatable bonds is 2. The minimum Gasteiger partial charge on any atom is -0.503 e. The molecule has 17 heavy (non-hydrogen) atoms. The number of aliphatic hydroxyl groups is 1. The van der Waals surface area contributed by atoms with Gasteiger partial charge in [0.1, 0.15) is 11.2 Å². The van der Waals surface area contributed by atoms with Crippen molar-refractivity contribution in [1.29, 1.82) is 0 Å². The first-order valence-electron chi connectivity index (χ1n) is 5.60. The Balaban J connectivity index is 2.86. The minimum atomic E-state index is -0.640. The number of carbonyl (C=O) groups excluding carboxylic acids is 2. The topological polar surface area (TPSA) is 66.8 Å². The molecule has 1 amide bonds. The SMILES string of the molecule is CC(C)N1CC(C(=O)OC(C)(C)C)=C(O)C1=O. The van der Waals surface area contributed by atoms with E-state index in [2.05, 4.69) is 0 Å². The van der Waals surface area contributed by atoms with Crippen LogP contribution in [0.4, 0.5) is 0 Å². The summed E-state index contributed by atoms with van der Waals surface area (Å²) in [5, 5.41) is 9.63. The van der Waals surface area contributed by atoms with Gasteiger partial charge in [0.2, 0.25) is 0 Å². The molecule has 0 unspecified atom stereocenters. The number of ether oxygens (including phenoxy) is 1. The summed E-state index contributed by atoms with van der Waals surface area (Å²) in [7, 11) is 0. The van der Waals surface area contributed by atoms with E-state index in [9.17, 15) is 14.7 Å². The third-order valence-electron chi connectivity index (χ3n) is 2.35. The van der Waals surface area contributed by atoms with E-state index in [-0.39, 0.29) is 18.2 Å². The maximum atomic E-state index is 11.8. The van der Waals surface area contributed by atoms with Crippen molar-refractivity contribution in [3.63, 3.8) is 0 Å². The molecule has 1 rings (SSSR count). The van der Waals surface area contributed by atoms with E-state index in [1.54, 1.807) is 20.8 Å². The van der Waals surface area contributed by atoms with Crippen LogP contribution in [0.15, 0.2) is 11.3 Å². The fourth-order valence-electron chi connectivity index (χ4n) is 1.50. The molecule has 5 heteroatoms. The maximum Gasteiger partial charge on any atom is 0.340 e. The predicted octanol–water partition coefficient (Wildman–Crippen LogP) is 1.39. The summed E-state index contributed by atoms with van der Waals surface area (Å²) in [4.78, 5) is 24.8. The Morgan fingerprint density at radius 2 is 1.94 bits per heavy atom. The number of aliphatic hydroxyl groups excluding tert-OH is 1. The van der Waals surface area contributed by atoms with Gasteiger partial charge in [-0.25, -0.2) is 4.79 Å². The van der Waals surface area contributed by atoms with Crippen LogP contribution in [0.25, 0.3) is 0 Å². The second kappa shape index (κ2) is 4.39. The average molecular weight is 241 g/mol. The molecular weight excluding hydrogens is 222 g/mol. The van der Waals surface area contributed by atoms with Crippen LogP contribution in [-0.2, 0) is 14.3 Å². The molecule has 0 bridgehead atoms. The number of hydrogen-bond donors (Lipinski definition) is 1. The van der Waals surface area contributed by atoms with Gasteiger partial charge >= 0.3 is 5.97 Å². The van der Waals surface area contributed by atoms with Crippen LogP contribution in [0.2, 0.25) is 0 Å². The molecular formula is C12H19NO4. The van der Waals surface area contributed by atoms with Crippen LogP contribution in [0, 0.1) is 0 Å². The summed E-state index contributed by atoms with van der Waals surface area (Å²) in [6.07, 6.45) is 0. The molecule has 0 spiro atoms. The van der Waals surface area contributed by atoms with Gasteiger partial charge in [-0.15, -0.1) is 0 Å². The summed E-state index contributed by atoms with van der Waals surface area (Å²) in [6, 6.07) is -0.0652.